The number of anilines is 1. The highest BCUT2D eigenvalue weighted by atomic mass is 79.9. The van der Waals surface area contributed by atoms with Gasteiger partial charge in [-0.1, -0.05) is 25.0 Å². The SMILES string of the molecule is Cc1c(CCC(=O)OC(C)(C)C)cccc1NC(=O)[C@@H](c1cc(F)c(Br)cc1F)C1CCCC1. The van der Waals surface area contributed by atoms with Crippen molar-refractivity contribution in [3.05, 3.63) is 63.1 Å². The third kappa shape index (κ3) is 6.65. The number of carbonyl (C=O) groups excluding carboxylic acids is 2. The van der Waals surface area contributed by atoms with E-state index in [1.165, 1.54) is 0 Å². The molecule has 0 aromatic heterocycles. The molecular weight excluding hydrogens is 504 g/mol. The van der Waals surface area contributed by atoms with Crippen LogP contribution in [0.25, 0.3) is 0 Å². The summed E-state index contributed by atoms with van der Waals surface area (Å²) in [4.78, 5) is 25.6. The van der Waals surface area contributed by atoms with Gasteiger partial charge < -0.3 is 10.1 Å². The van der Waals surface area contributed by atoms with Crippen LogP contribution in [0, 0.1) is 24.5 Å². The number of halogens is 3. The van der Waals surface area contributed by atoms with Crippen LogP contribution in [0.4, 0.5) is 14.5 Å². The largest absolute Gasteiger partial charge is 0.460 e. The number of nitrogens with one attached hydrogen (secondary N) is 1. The Morgan fingerprint density at radius 1 is 1.15 bits per heavy atom. The molecule has 34 heavy (non-hydrogen) atoms. The van der Waals surface area contributed by atoms with E-state index in [1.807, 2.05) is 39.8 Å². The number of hydrogen-bond donors (Lipinski definition) is 1. The van der Waals surface area contributed by atoms with E-state index in [-0.39, 0.29) is 34.3 Å². The smallest absolute Gasteiger partial charge is 0.306 e. The van der Waals surface area contributed by atoms with Crippen LogP contribution in [-0.2, 0) is 20.7 Å². The molecule has 1 fully saturated rings. The van der Waals surface area contributed by atoms with Crippen molar-refractivity contribution in [2.75, 3.05) is 5.32 Å². The molecule has 1 atom stereocenters. The van der Waals surface area contributed by atoms with E-state index in [0.29, 0.717) is 12.1 Å². The van der Waals surface area contributed by atoms with Crippen LogP contribution in [-0.4, -0.2) is 17.5 Å². The first-order valence-electron chi connectivity index (χ1n) is 11.7. The number of amides is 1. The molecule has 0 radical (unpaired) electrons. The standard InChI is InChI=1S/C27H32BrF2NO3/c1-16-17(12-13-24(32)34-27(2,3)4)10-7-11-23(16)31-26(33)25(18-8-5-6-9-18)19-14-22(30)20(28)15-21(19)29/h7,10-11,14-15,18,25H,5-6,8-9,12-13H2,1-4H3,(H,31,33)/t25-/m1/s1. The van der Waals surface area contributed by atoms with Gasteiger partial charge in [0.1, 0.15) is 17.2 Å². The molecule has 7 heteroatoms. The lowest BCUT2D eigenvalue weighted by Gasteiger charge is -2.25. The van der Waals surface area contributed by atoms with Crippen LogP contribution >= 0.6 is 15.9 Å². The van der Waals surface area contributed by atoms with Gasteiger partial charge >= 0.3 is 5.97 Å². The topological polar surface area (TPSA) is 55.4 Å². The summed E-state index contributed by atoms with van der Waals surface area (Å²) in [7, 11) is 0. The van der Waals surface area contributed by atoms with E-state index >= 15 is 0 Å². The Balaban J connectivity index is 1.81. The second kappa shape index (κ2) is 11.0. The summed E-state index contributed by atoms with van der Waals surface area (Å²) in [5.74, 6) is -2.65. The van der Waals surface area contributed by atoms with E-state index in [9.17, 15) is 18.4 Å². The van der Waals surface area contributed by atoms with Crippen LogP contribution in [0.2, 0.25) is 0 Å². The molecule has 4 nitrogen and oxygen atoms in total. The Morgan fingerprint density at radius 3 is 2.47 bits per heavy atom. The number of ether oxygens (including phenoxy) is 1. The number of esters is 1. The van der Waals surface area contributed by atoms with E-state index in [4.69, 9.17) is 4.74 Å². The molecule has 1 saturated carbocycles. The molecule has 1 amide bonds. The molecular formula is C27H32BrF2NO3. The number of hydrogen-bond acceptors (Lipinski definition) is 3. The highest BCUT2D eigenvalue weighted by Crippen LogP contribution is 2.40. The lowest BCUT2D eigenvalue weighted by atomic mass is 9.83. The summed E-state index contributed by atoms with van der Waals surface area (Å²) in [5, 5.41) is 2.96. The Bertz CT molecular complexity index is 1060. The average Bonchev–Trinajstić information content (AvgIpc) is 3.25. The zero-order valence-electron chi connectivity index (χ0n) is 20.1. The highest BCUT2D eigenvalue weighted by molar-refractivity contribution is 9.10. The average molecular weight is 536 g/mol. The van der Waals surface area contributed by atoms with Gasteiger partial charge in [-0.2, -0.15) is 0 Å². The van der Waals surface area contributed by atoms with Gasteiger partial charge in [0.25, 0.3) is 0 Å². The second-order valence-corrected chi connectivity index (χ2v) is 10.8. The Kier molecular flexibility index (Phi) is 8.50. The molecule has 0 heterocycles. The molecule has 2 aromatic rings. The fourth-order valence-electron chi connectivity index (χ4n) is 4.61. The van der Waals surface area contributed by atoms with Crippen molar-refractivity contribution in [3.63, 3.8) is 0 Å². The van der Waals surface area contributed by atoms with Crippen LogP contribution in [0.5, 0.6) is 0 Å². The van der Waals surface area contributed by atoms with Crippen molar-refractivity contribution < 1.29 is 23.1 Å². The molecule has 1 aliphatic carbocycles. The summed E-state index contributed by atoms with van der Waals surface area (Å²) in [6.45, 7) is 7.36. The maximum atomic E-state index is 14.8. The number of rotatable bonds is 7. The molecule has 0 spiro atoms. The Labute approximate surface area is 208 Å². The number of aryl methyl sites for hydroxylation is 1. The van der Waals surface area contributed by atoms with Gasteiger partial charge in [0, 0.05) is 17.7 Å². The van der Waals surface area contributed by atoms with E-state index < -0.39 is 23.2 Å². The van der Waals surface area contributed by atoms with Crippen LogP contribution in [0.15, 0.2) is 34.8 Å². The van der Waals surface area contributed by atoms with E-state index in [1.54, 1.807) is 6.07 Å². The van der Waals surface area contributed by atoms with Crippen molar-refractivity contribution in [1.29, 1.82) is 0 Å². The van der Waals surface area contributed by atoms with Crippen LogP contribution in [0.3, 0.4) is 0 Å². The monoisotopic (exact) mass is 535 g/mol. The molecule has 0 saturated heterocycles. The number of carbonyl (C=O) groups is 2. The van der Waals surface area contributed by atoms with Gasteiger partial charge in [0.15, 0.2) is 0 Å². The number of benzene rings is 2. The van der Waals surface area contributed by atoms with E-state index in [0.717, 1.165) is 48.9 Å². The quantitative estimate of drug-likeness (QED) is 0.300. The lowest BCUT2D eigenvalue weighted by molar-refractivity contribution is -0.154. The van der Waals surface area contributed by atoms with Crippen molar-refractivity contribution in [1.82, 2.24) is 0 Å². The van der Waals surface area contributed by atoms with Crippen LogP contribution < -0.4 is 5.32 Å². The minimum atomic E-state index is -0.782. The first-order valence-corrected chi connectivity index (χ1v) is 12.5. The fourth-order valence-corrected chi connectivity index (χ4v) is 4.92. The summed E-state index contributed by atoms with van der Waals surface area (Å²) < 4.78 is 34.6. The Morgan fingerprint density at radius 2 is 1.82 bits per heavy atom. The third-order valence-electron chi connectivity index (χ3n) is 6.25. The van der Waals surface area contributed by atoms with Crippen LogP contribution in [0.1, 0.15) is 75.5 Å². The van der Waals surface area contributed by atoms with Gasteiger partial charge in [-0.15, -0.1) is 0 Å². The zero-order valence-corrected chi connectivity index (χ0v) is 21.7. The fraction of sp³-hybridized carbons (Fsp3) is 0.481. The van der Waals surface area contributed by atoms with E-state index in [2.05, 4.69) is 21.2 Å². The first-order chi connectivity index (χ1) is 16.0. The van der Waals surface area contributed by atoms with Crippen molar-refractivity contribution in [2.24, 2.45) is 5.92 Å². The maximum absolute atomic E-state index is 14.8. The van der Waals surface area contributed by atoms with Gasteiger partial charge in [0.2, 0.25) is 5.91 Å². The maximum Gasteiger partial charge on any atom is 0.306 e. The molecule has 1 N–H and O–H groups in total. The molecule has 1 aliphatic rings. The van der Waals surface area contributed by atoms with Crippen molar-refractivity contribution >= 4 is 33.5 Å². The van der Waals surface area contributed by atoms with Gasteiger partial charge in [0.05, 0.1) is 10.4 Å². The summed E-state index contributed by atoms with van der Waals surface area (Å²) in [6.07, 6.45) is 4.23. The van der Waals surface area contributed by atoms with Crippen molar-refractivity contribution in [2.45, 2.75) is 77.7 Å². The molecule has 184 valence electrons. The highest BCUT2D eigenvalue weighted by Gasteiger charge is 2.34. The third-order valence-corrected chi connectivity index (χ3v) is 6.86. The minimum Gasteiger partial charge on any atom is -0.460 e. The predicted octanol–water partition coefficient (Wildman–Crippen LogP) is 7.22. The van der Waals surface area contributed by atoms with Gasteiger partial charge in [-0.3, -0.25) is 9.59 Å². The molecule has 0 bridgehead atoms. The minimum absolute atomic E-state index is 0.0351. The summed E-state index contributed by atoms with van der Waals surface area (Å²) >= 11 is 3.01. The summed E-state index contributed by atoms with van der Waals surface area (Å²) in [5.41, 5.74) is 1.91. The molecule has 2 aromatic carbocycles. The zero-order chi connectivity index (χ0) is 25.0. The first kappa shape index (κ1) is 26.3. The normalized spacial score (nSPS) is 15.3. The lowest BCUT2D eigenvalue weighted by Crippen LogP contribution is -2.28. The predicted molar refractivity (Wildman–Crippen MR) is 133 cm³/mol. The second-order valence-electron chi connectivity index (χ2n) is 9.98. The summed E-state index contributed by atoms with van der Waals surface area (Å²) in [6, 6.07) is 7.73. The molecule has 0 aliphatic heterocycles. The van der Waals surface area contributed by atoms with Crippen molar-refractivity contribution in [3.8, 4) is 0 Å². The van der Waals surface area contributed by atoms with Gasteiger partial charge in [-0.05, 0) is 98.1 Å². The van der Waals surface area contributed by atoms with Gasteiger partial charge in [-0.25, -0.2) is 8.78 Å². The molecule has 0 unspecified atom stereocenters. The Hall–Kier alpha value is -2.28. The molecule has 3 rings (SSSR count).